The molecule has 0 bridgehead atoms. The number of para-hydroxylation sites is 1. The van der Waals surface area contributed by atoms with Gasteiger partial charge in [0.15, 0.2) is 0 Å². The standard InChI is InChI=1S/C14H21N/c1-11-8-9-14(2,3)10-15-13-7-5-4-6-12(11)13/h4-7,11,15H,8-10H2,1-3H3. The predicted molar refractivity (Wildman–Crippen MR) is 66.4 cm³/mol. The van der Waals surface area contributed by atoms with Crippen molar-refractivity contribution in [2.75, 3.05) is 11.9 Å². The van der Waals surface area contributed by atoms with Crippen molar-refractivity contribution in [3.05, 3.63) is 29.8 Å². The average molecular weight is 203 g/mol. The molecular weight excluding hydrogens is 182 g/mol. The van der Waals surface area contributed by atoms with E-state index in [1.54, 1.807) is 0 Å². The van der Waals surface area contributed by atoms with E-state index >= 15 is 0 Å². The Labute approximate surface area is 92.9 Å². The molecule has 1 heteroatoms. The number of anilines is 1. The van der Waals surface area contributed by atoms with Gasteiger partial charge >= 0.3 is 0 Å². The van der Waals surface area contributed by atoms with Gasteiger partial charge in [-0.1, -0.05) is 39.0 Å². The molecule has 15 heavy (non-hydrogen) atoms. The molecule has 1 aromatic carbocycles. The summed E-state index contributed by atoms with van der Waals surface area (Å²) in [5.74, 6) is 0.674. The molecule has 0 spiro atoms. The topological polar surface area (TPSA) is 12.0 Å². The van der Waals surface area contributed by atoms with Gasteiger partial charge in [0, 0.05) is 12.2 Å². The lowest BCUT2D eigenvalue weighted by atomic mass is 9.81. The first kappa shape index (κ1) is 10.5. The fraction of sp³-hybridized carbons (Fsp3) is 0.571. The summed E-state index contributed by atoms with van der Waals surface area (Å²) in [5.41, 5.74) is 3.23. The largest absolute Gasteiger partial charge is 0.384 e. The summed E-state index contributed by atoms with van der Waals surface area (Å²) in [6.45, 7) is 8.11. The first-order valence-corrected chi connectivity index (χ1v) is 5.91. The van der Waals surface area contributed by atoms with Gasteiger partial charge in [-0.2, -0.15) is 0 Å². The molecule has 1 atom stereocenters. The third kappa shape index (κ3) is 2.34. The molecule has 1 aromatic rings. The van der Waals surface area contributed by atoms with Crippen molar-refractivity contribution >= 4 is 5.69 Å². The van der Waals surface area contributed by atoms with Crippen LogP contribution >= 0.6 is 0 Å². The summed E-state index contributed by atoms with van der Waals surface area (Å²) in [6, 6.07) is 8.72. The van der Waals surface area contributed by atoms with E-state index in [-0.39, 0.29) is 0 Å². The Balaban J connectivity index is 2.30. The SMILES string of the molecule is CC1CCC(C)(C)CNc2ccccc21. The molecule has 0 amide bonds. The quantitative estimate of drug-likeness (QED) is 0.671. The molecule has 0 saturated heterocycles. The van der Waals surface area contributed by atoms with Crippen molar-refractivity contribution in [2.24, 2.45) is 5.41 Å². The Kier molecular flexibility index (Phi) is 2.72. The van der Waals surface area contributed by atoms with Crippen molar-refractivity contribution in [3.63, 3.8) is 0 Å². The average Bonchev–Trinajstić information content (AvgIpc) is 2.22. The second-order valence-electron chi connectivity index (χ2n) is 5.54. The van der Waals surface area contributed by atoms with E-state index in [0.29, 0.717) is 11.3 Å². The monoisotopic (exact) mass is 203 g/mol. The van der Waals surface area contributed by atoms with E-state index in [1.165, 1.54) is 24.1 Å². The lowest BCUT2D eigenvalue weighted by Gasteiger charge is -2.31. The Bertz CT molecular complexity index is 341. The summed E-state index contributed by atoms with van der Waals surface area (Å²) in [5, 5.41) is 3.59. The summed E-state index contributed by atoms with van der Waals surface area (Å²) in [4.78, 5) is 0. The lowest BCUT2D eigenvalue weighted by Crippen LogP contribution is -2.26. The molecule has 0 aliphatic carbocycles. The zero-order valence-corrected chi connectivity index (χ0v) is 10.0. The highest BCUT2D eigenvalue weighted by atomic mass is 14.9. The van der Waals surface area contributed by atoms with Crippen molar-refractivity contribution in [1.29, 1.82) is 0 Å². The third-order valence-electron chi connectivity index (χ3n) is 3.50. The molecule has 0 radical (unpaired) electrons. The van der Waals surface area contributed by atoms with Gasteiger partial charge in [-0.25, -0.2) is 0 Å². The fourth-order valence-corrected chi connectivity index (χ4v) is 2.27. The molecule has 0 saturated carbocycles. The van der Waals surface area contributed by atoms with E-state index in [1.807, 2.05) is 0 Å². The molecule has 2 rings (SSSR count). The summed E-state index contributed by atoms with van der Waals surface area (Å²) in [6.07, 6.45) is 2.60. The van der Waals surface area contributed by atoms with Crippen LogP contribution in [-0.4, -0.2) is 6.54 Å². The molecule has 82 valence electrons. The Morgan fingerprint density at radius 1 is 1.27 bits per heavy atom. The van der Waals surface area contributed by atoms with Gasteiger partial charge in [0.1, 0.15) is 0 Å². The highest BCUT2D eigenvalue weighted by molar-refractivity contribution is 5.53. The second kappa shape index (κ2) is 3.88. The molecule has 1 unspecified atom stereocenters. The maximum Gasteiger partial charge on any atom is 0.0375 e. The molecule has 1 N–H and O–H groups in total. The van der Waals surface area contributed by atoms with Crippen LogP contribution in [0.1, 0.15) is 45.1 Å². The number of fused-ring (bicyclic) bond motifs is 1. The molecule has 1 aliphatic rings. The van der Waals surface area contributed by atoms with Crippen LogP contribution in [0.5, 0.6) is 0 Å². The first-order valence-electron chi connectivity index (χ1n) is 5.91. The van der Waals surface area contributed by atoms with Crippen LogP contribution in [0.25, 0.3) is 0 Å². The fourth-order valence-electron chi connectivity index (χ4n) is 2.27. The van der Waals surface area contributed by atoms with Gasteiger partial charge in [0.25, 0.3) is 0 Å². The van der Waals surface area contributed by atoms with Crippen molar-refractivity contribution in [1.82, 2.24) is 0 Å². The summed E-state index contributed by atoms with van der Waals surface area (Å²) >= 11 is 0. The smallest absolute Gasteiger partial charge is 0.0375 e. The summed E-state index contributed by atoms with van der Waals surface area (Å²) < 4.78 is 0. The van der Waals surface area contributed by atoms with Gasteiger partial charge in [0.05, 0.1) is 0 Å². The van der Waals surface area contributed by atoms with Gasteiger partial charge in [-0.15, -0.1) is 0 Å². The van der Waals surface area contributed by atoms with Gasteiger partial charge < -0.3 is 5.32 Å². The van der Waals surface area contributed by atoms with Crippen LogP contribution in [-0.2, 0) is 0 Å². The highest BCUT2D eigenvalue weighted by Gasteiger charge is 2.23. The van der Waals surface area contributed by atoms with Crippen molar-refractivity contribution in [3.8, 4) is 0 Å². The van der Waals surface area contributed by atoms with Gasteiger partial charge in [-0.3, -0.25) is 0 Å². The number of benzene rings is 1. The zero-order valence-electron chi connectivity index (χ0n) is 10.0. The zero-order chi connectivity index (χ0) is 10.9. The number of rotatable bonds is 0. The van der Waals surface area contributed by atoms with E-state index in [2.05, 4.69) is 50.4 Å². The van der Waals surface area contributed by atoms with E-state index in [0.717, 1.165) is 6.54 Å². The van der Waals surface area contributed by atoms with Crippen molar-refractivity contribution in [2.45, 2.75) is 39.5 Å². The first-order chi connectivity index (χ1) is 7.08. The van der Waals surface area contributed by atoms with Crippen LogP contribution in [0.4, 0.5) is 5.69 Å². The maximum absolute atomic E-state index is 3.59. The Hall–Kier alpha value is -0.980. The third-order valence-corrected chi connectivity index (χ3v) is 3.50. The van der Waals surface area contributed by atoms with Gasteiger partial charge in [0.2, 0.25) is 0 Å². The minimum absolute atomic E-state index is 0.418. The Morgan fingerprint density at radius 2 is 2.00 bits per heavy atom. The Morgan fingerprint density at radius 3 is 2.80 bits per heavy atom. The van der Waals surface area contributed by atoms with Crippen LogP contribution in [0, 0.1) is 5.41 Å². The number of hydrogen-bond acceptors (Lipinski definition) is 1. The molecule has 1 heterocycles. The van der Waals surface area contributed by atoms with E-state index in [9.17, 15) is 0 Å². The lowest BCUT2D eigenvalue weighted by molar-refractivity contribution is 0.332. The normalized spacial score (nSPS) is 24.6. The van der Waals surface area contributed by atoms with Crippen LogP contribution in [0.2, 0.25) is 0 Å². The second-order valence-corrected chi connectivity index (χ2v) is 5.54. The van der Waals surface area contributed by atoms with E-state index < -0.39 is 0 Å². The van der Waals surface area contributed by atoms with Crippen molar-refractivity contribution < 1.29 is 0 Å². The highest BCUT2D eigenvalue weighted by Crippen LogP contribution is 2.35. The minimum atomic E-state index is 0.418. The minimum Gasteiger partial charge on any atom is -0.384 e. The molecule has 0 fully saturated rings. The van der Waals surface area contributed by atoms with Crippen LogP contribution in [0.15, 0.2) is 24.3 Å². The number of nitrogens with one attached hydrogen (secondary N) is 1. The van der Waals surface area contributed by atoms with Crippen LogP contribution in [0.3, 0.4) is 0 Å². The predicted octanol–water partition coefficient (Wildman–Crippen LogP) is 4.02. The molecular formula is C14H21N. The summed E-state index contributed by atoms with van der Waals surface area (Å²) in [7, 11) is 0. The maximum atomic E-state index is 3.59. The molecule has 1 aliphatic heterocycles. The molecule has 1 nitrogen and oxygen atoms in total. The molecule has 0 aromatic heterocycles. The van der Waals surface area contributed by atoms with Gasteiger partial charge in [-0.05, 0) is 35.8 Å². The van der Waals surface area contributed by atoms with Crippen LogP contribution < -0.4 is 5.32 Å². The van der Waals surface area contributed by atoms with E-state index in [4.69, 9.17) is 0 Å². The number of hydrogen-bond donors (Lipinski definition) is 1.